The van der Waals surface area contributed by atoms with Crippen LogP contribution in [0.3, 0.4) is 0 Å². The molecule has 3 fully saturated rings. The van der Waals surface area contributed by atoms with E-state index in [0.717, 1.165) is 24.3 Å². The maximum Gasteiger partial charge on any atom is 0.0341 e. The van der Waals surface area contributed by atoms with Crippen LogP contribution in [-0.2, 0) is 0 Å². The molecule has 4 unspecified atom stereocenters. The van der Waals surface area contributed by atoms with Gasteiger partial charge in [0.05, 0.1) is 0 Å². The van der Waals surface area contributed by atoms with E-state index in [1.165, 1.54) is 71.1 Å². The molecule has 3 heteroatoms. The Balaban J connectivity index is 1.61. The Morgan fingerprint density at radius 3 is 2.67 bits per heavy atom. The van der Waals surface area contributed by atoms with Crippen molar-refractivity contribution in [3.8, 4) is 0 Å². The van der Waals surface area contributed by atoms with Gasteiger partial charge in [-0.1, -0.05) is 13.3 Å². The van der Waals surface area contributed by atoms with Gasteiger partial charge in [-0.25, -0.2) is 0 Å². The van der Waals surface area contributed by atoms with E-state index >= 15 is 0 Å². The monoisotopic (exact) mass is 293 g/mol. The molecule has 0 aromatic carbocycles. The molecule has 2 aliphatic carbocycles. The number of rotatable bonds is 5. The van der Waals surface area contributed by atoms with E-state index in [0.29, 0.717) is 0 Å². The summed E-state index contributed by atoms with van der Waals surface area (Å²) in [5.41, 5.74) is 6.56. The van der Waals surface area contributed by atoms with Crippen molar-refractivity contribution in [3.05, 3.63) is 0 Å². The smallest absolute Gasteiger partial charge is 0.0341 e. The van der Waals surface area contributed by atoms with Crippen LogP contribution in [-0.4, -0.2) is 55.1 Å². The van der Waals surface area contributed by atoms with Crippen molar-refractivity contribution in [2.45, 2.75) is 57.4 Å². The lowest BCUT2D eigenvalue weighted by molar-refractivity contribution is 0.0769. The molecule has 122 valence electrons. The number of nitrogens with zero attached hydrogens (tertiary/aromatic N) is 2. The third kappa shape index (κ3) is 3.16. The Hall–Kier alpha value is -0.120. The van der Waals surface area contributed by atoms with Crippen LogP contribution in [0.2, 0.25) is 0 Å². The minimum Gasteiger partial charge on any atom is -0.329 e. The Bertz CT molecular complexity index is 345. The molecule has 1 aliphatic heterocycles. The van der Waals surface area contributed by atoms with Crippen LogP contribution in [0, 0.1) is 17.8 Å². The number of likely N-dealkylation sites (N-methyl/N-ethyl adjacent to an activating group) is 1. The highest BCUT2D eigenvalue weighted by Crippen LogP contribution is 2.49. The zero-order valence-corrected chi connectivity index (χ0v) is 14.2. The average Bonchev–Trinajstić information content (AvgIpc) is 3.04. The summed E-state index contributed by atoms with van der Waals surface area (Å²) in [6, 6.07) is 0. The second kappa shape index (κ2) is 6.55. The van der Waals surface area contributed by atoms with Crippen molar-refractivity contribution < 1.29 is 0 Å². The van der Waals surface area contributed by atoms with Crippen molar-refractivity contribution in [1.82, 2.24) is 9.80 Å². The van der Waals surface area contributed by atoms with Gasteiger partial charge in [-0.15, -0.1) is 0 Å². The summed E-state index contributed by atoms with van der Waals surface area (Å²) in [6.07, 6.45) is 9.90. The van der Waals surface area contributed by atoms with Crippen LogP contribution < -0.4 is 5.73 Å². The maximum absolute atomic E-state index is 6.29. The minimum atomic E-state index is 0.270. The molecule has 3 aliphatic rings. The molecule has 2 bridgehead atoms. The predicted octanol–water partition coefficient (Wildman–Crippen LogP) is 2.56. The van der Waals surface area contributed by atoms with Crippen molar-refractivity contribution in [3.63, 3.8) is 0 Å². The first-order valence-electron chi connectivity index (χ1n) is 9.30. The Kier molecular flexibility index (Phi) is 4.92. The molecule has 3 rings (SSSR count). The Labute approximate surface area is 131 Å². The molecule has 0 aromatic rings. The van der Waals surface area contributed by atoms with Crippen LogP contribution in [0.15, 0.2) is 0 Å². The Morgan fingerprint density at radius 1 is 1.19 bits per heavy atom. The molecule has 1 saturated heterocycles. The minimum absolute atomic E-state index is 0.270. The van der Waals surface area contributed by atoms with Gasteiger partial charge >= 0.3 is 0 Å². The van der Waals surface area contributed by atoms with Crippen LogP contribution in [0.5, 0.6) is 0 Å². The largest absolute Gasteiger partial charge is 0.329 e. The van der Waals surface area contributed by atoms with Crippen LogP contribution in [0.4, 0.5) is 0 Å². The first-order valence-corrected chi connectivity index (χ1v) is 9.30. The van der Waals surface area contributed by atoms with Crippen molar-refractivity contribution in [1.29, 1.82) is 0 Å². The predicted molar refractivity (Wildman–Crippen MR) is 89.3 cm³/mol. The fraction of sp³-hybridized carbons (Fsp3) is 1.00. The average molecular weight is 293 g/mol. The number of hydrogen-bond donors (Lipinski definition) is 1. The second-order valence-electron chi connectivity index (χ2n) is 8.03. The molecule has 0 spiro atoms. The number of nitrogens with two attached hydrogens (primary N) is 1. The molecule has 0 aromatic heterocycles. The summed E-state index contributed by atoms with van der Waals surface area (Å²) in [5, 5.41) is 0. The summed E-state index contributed by atoms with van der Waals surface area (Å²) in [4.78, 5) is 5.28. The van der Waals surface area contributed by atoms with E-state index in [-0.39, 0.29) is 5.54 Å². The summed E-state index contributed by atoms with van der Waals surface area (Å²) in [6.45, 7) is 8.10. The molecule has 4 atom stereocenters. The summed E-state index contributed by atoms with van der Waals surface area (Å²) >= 11 is 0. The highest BCUT2D eigenvalue weighted by molar-refractivity contribution is 4.97. The van der Waals surface area contributed by atoms with E-state index in [1.807, 2.05) is 0 Å². The molecular weight excluding hydrogens is 258 g/mol. The molecule has 1 heterocycles. The van der Waals surface area contributed by atoms with E-state index in [1.54, 1.807) is 0 Å². The lowest BCUT2D eigenvalue weighted by atomic mass is 9.84. The van der Waals surface area contributed by atoms with Gasteiger partial charge in [-0.3, -0.25) is 4.90 Å². The van der Waals surface area contributed by atoms with Gasteiger partial charge in [0.25, 0.3) is 0 Å². The molecular formula is C18H35N3. The van der Waals surface area contributed by atoms with Crippen molar-refractivity contribution >= 4 is 0 Å². The topological polar surface area (TPSA) is 32.5 Å². The SMILES string of the molecule is CCN1CCCC(CN)(N(C)CC2CC3CCC2C3)CC1. The lowest BCUT2D eigenvalue weighted by Crippen LogP contribution is -2.54. The van der Waals surface area contributed by atoms with Gasteiger partial charge in [0.1, 0.15) is 0 Å². The fourth-order valence-corrected chi connectivity index (χ4v) is 5.44. The van der Waals surface area contributed by atoms with Gasteiger partial charge < -0.3 is 10.6 Å². The first-order chi connectivity index (χ1) is 10.2. The zero-order valence-electron chi connectivity index (χ0n) is 14.2. The van der Waals surface area contributed by atoms with Gasteiger partial charge in [-0.2, -0.15) is 0 Å². The van der Waals surface area contributed by atoms with Crippen LogP contribution in [0.1, 0.15) is 51.9 Å². The Morgan fingerprint density at radius 2 is 2.05 bits per heavy atom. The highest BCUT2D eigenvalue weighted by Gasteiger charge is 2.42. The van der Waals surface area contributed by atoms with E-state index in [9.17, 15) is 0 Å². The standard InChI is InChI=1S/C18H35N3/c1-3-21-9-4-7-18(14-19,8-10-21)20(2)13-17-12-15-5-6-16(17)11-15/h15-17H,3-14,19H2,1-2H3. The van der Waals surface area contributed by atoms with Crippen molar-refractivity contribution in [2.24, 2.45) is 23.5 Å². The van der Waals surface area contributed by atoms with Gasteiger partial charge in [0.15, 0.2) is 0 Å². The molecule has 21 heavy (non-hydrogen) atoms. The number of fused-ring (bicyclic) bond motifs is 2. The van der Waals surface area contributed by atoms with E-state index in [2.05, 4.69) is 23.8 Å². The molecule has 0 amide bonds. The van der Waals surface area contributed by atoms with Crippen LogP contribution >= 0.6 is 0 Å². The third-order valence-electron chi connectivity index (χ3n) is 7.04. The zero-order chi connectivity index (χ0) is 14.9. The first kappa shape index (κ1) is 15.8. The quantitative estimate of drug-likeness (QED) is 0.845. The molecule has 3 nitrogen and oxygen atoms in total. The normalized spacial score (nSPS) is 40.9. The van der Waals surface area contributed by atoms with Gasteiger partial charge in [0.2, 0.25) is 0 Å². The van der Waals surface area contributed by atoms with Gasteiger partial charge in [0, 0.05) is 18.6 Å². The van der Waals surface area contributed by atoms with Crippen LogP contribution in [0.25, 0.3) is 0 Å². The third-order valence-corrected chi connectivity index (χ3v) is 7.04. The molecule has 2 saturated carbocycles. The molecule has 0 radical (unpaired) electrons. The summed E-state index contributed by atoms with van der Waals surface area (Å²) < 4.78 is 0. The molecule has 2 N–H and O–H groups in total. The maximum atomic E-state index is 6.29. The summed E-state index contributed by atoms with van der Waals surface area (Å²) in [5.74, 6) is 3.06. The fourth-order valence-electron chi connectivity index (χ4n) is 5.44. The highest BCUT2D eigenvalue weighted by atomic mass is 15.2. The summed E-state index contributed by atoms with van der Waals surface area (Å²) in [7, 11) is 2.36. The lowest BCUT2D eigenvalue weighted by Gasteiger charge is -2.43. The van der Waals surface area contributed by atoms with E-state index < -0.39 is 0 Å². The number of likely N-dealkylation sites (tertiary alicyclic amines) is 1. The second-order valence-corrected chi connectivity index (χ2v) is 8.03. The van der Waals surface area contributed by atoms with Crippen molar-refractivity contribution in [2.75, 3.05) is 39.8 Å². The van der Waals surface area contributed by atoms with E-state index in [4.69, 9.17) is 5.73 Å². The van der Waals surface area contributed by atoms with Gasteiger partial charge in [-0.05, 0) is 83.0 Å². The number of hydrogen-bond acceptors (Lipinski definition) is 3.